The molecular formula is C29H34BrN3O7. The Labute approximate surface area is 241 Å². The molecule has 1 aromatic rings. The summed E-state index contributed by atoms with van der Waals surface area (Å²) in [5.41, 5.74) is 1.05. The van der Waals surface area contributed by atoms with Crippen LogP contribution in [0, 0.1) is 25.7 Å². The number of β-amino-alcohol motifs (C(OH)–C–C–N with tert-alkyl or cyclic N) is 1. The first-order valence-corrected chi connectivity index (χ1v) is 14.4. The molecule has 214 valence electrons. The van der Waals surface area contributed by atoms with Crippen molar-refractivity contribution >= 4 is 45.3 Å². The van der Waals surface area contributed by atoms with Gasteiger partial charge in [-0.25, -0.2) is 0 Å². The van der Waals surface area contributed by atoms with E-state index < -0.39 is 47.6 Å². The maximum absolute atomic E-state index is 14.7. The molecule has 2 saturated heterocycles. The molecular weight excluding hydrogens is 582 g/mol. The number of nitrogens with one attached hydrogen (secondary N) is 1. The van der Waals surface area contributed by atoms with Gasteiger partial charge in [-0.1, -0.05) is 46.3 Å². The predicted octanol–water partition coefficient (Wildman–Crippen LogP) is 1.90. The molecule has 11 heteroatoms. The summed E-state index contributed by atoms with van der Waals surface area (Å²) in [7, 11) is 0. The molecule has 0 saturated carbocycles. The van der Waals surface area contributed by atoms with Gasteiger partial charge in [-0.2, -0.15) is 0 Å². The molecule has 0 unspecified atom stereocenters. The summed E-state index contributed by atoms with van der Waals surface area (Å²) < 4.78 is 12.7. The Bertz CT molecular complexity index is 1280. The topological polar surface area (TPSA) is 125 Å². The number of benzene rings is 1. The molecule has 40 heavy (non-hydrogen) atoms. The largest absolute Gasteiger partial charge is 0.460 e. The third kappa shape index (κ3) is 4.67. The van der Waals surface area contributed by atoms with Gasteiger partial charge >= 0.3 is 5.97 Å². The van der Waals surface area contributed by atoms with Crippen LogP contribution in [0.4, 0.5) is 5.69 Å². The summed E-state index contributed by atoms with van der Waals surface area (Å²) in [6.45, 7) is 5.38. The highest BCUT2D eigenvalue weighted by Gasteiger charge is 2.75. The molecule has 0 aromatic heterocycles. The quantitative estimate of drug-likeness (QED) is 0.393. The summed E-state index contributed by atoms with van der Waals surface area (Å²) in [6, 6.07) is 4.63. The molecule has 3 amide bonds. The number of hydrogen-bond donors (Lipinski definition) is 2. The zero-order valence-corrected chi connectivity index (χ0v) is 24.3. The molecule has 4 aliphatic heterocycles. The molecule has 2 N–H and O–H groups in total. The second-order valence-electron chi connectivity index (χ2n) is 10.8. The molecule has 4 heterocycles. The fraction of sp³-hybridized carbons (Fsp3) is 0.517. The van der Waals surface area contributed by atoms with Crippen molar-refractivity contribution in [1.82, 2.24) is 10.2 Å². The second kappa shape index (κ2) is 11.1. The smallest absolute Gasteiger partial charge is 0.313 e. The third-order valence-electron chi connectivity index (χ3n) is 8.15. The number of ether oxygens (including phenoxy) is 2. The lowest BCUT2D eigenvalue weighted by atomic mass is 9.74. The zero-order chi connectivity index (χ0) is 28.8. The van der Waals surface area contributed by atoms with E-state index in [4.69, 9.17) is 9.47 Å². The molecule has 5 bridgehead atoms. The molecule has 0 radical (unpaired) electrons. The number of fused-ring (bicyclic) bond motifs is 2. The molecule has 6 atom stereocenters. The number of allylic oxidation sites excluding steroid dienone is 1. The summed E-state index contributed by atoms with van der Waals surface area (Å²) >= 11 is 3.52. The molecule has 4 aliphatic rings. The highest BCUT2D eigenvalue weighted by molar-refractivity contribution is 9.11. The van der Waals surface area contributed by atoms with Crippen molar-refractivity contribution in [1.29, 1.82) is 0 Å². The Morgan fingerprint density at radius 1 is 1.12 bits per heavy atom. The highest BCUT2D eigenvalue weighted by Crippen LogP contribution is 2.59. The van der Waals surface area contributed by atoms with Crippen LogP contribution in [0.25, 0.3) is 0 Å². The third-order valence-corrected chi connectivity index (χ3v) is 8.83. The van der Waals surface area contributed by atoms with E-state index in [1.165, 1.54) is 4.90 Å². The van der Waals surface area contributed by atoms with Crippen molar-refractivity contribution in [2.75, 3.05) is 31.1 Å². The number of para-hydroxylation sites is 1. The van der Waals surface area contributed by atoms with E-state index in [1.807, 2.05) is 44.2 Å². The fourth-order valence-electron chi connectivity index (χ4n) is 6.46. The lowest BCUT2D eigenvalue weighted by Crippen LogP contribution is -2.56. The summed E-state index contributed by atoms with van der Waals surface area (Å²) in [5, 5.41) is 12.7. The van der Waals surface area contributed by atoms with Crippen molar-refractivity contribution < 1.29 is 33.8 Å². The summed E-state index contributed by atoms with van der Waals surface area (Å²) in [4.78, 5) is 57.5. The van der Waals surface area contributed by atoms with Crippen molar-refractivity contribution in [2.45, 2.75) is 57.5 Å². The number of hydrogen-bond acceptors (Lipinski definition) is 7. The van der Waals surface area contributed by atoms with Crippen molar-refractivity contribution in [2.24, 2.45) is 11.8 Å². The van der Waals surface area contributed by atoms with Crippen molar-refractivity contribution in [3.05, 3.63) is 52.0 Å². The Morgan fingerprint density at radius 3 is 2.55 bits per heavy atom. The van der Waals surface area contributed by atoms with Gasteiger partial charge in [-0.05, 0) is 44.4 Å². The summed E-state index contributed by atoms with van der Waals surface area (Å²) in [5.74, 6) is -3.62. The van der Waals surface area contributed by atoms with Crippen LogP contribution in [0.15, 0.2) is 40.9 Å². The lowest BCUT2D eigenvalue weighted by Gasteiger charge is -2.36. The second-order valence-corrected chi connectivity index (χ2v) is 11.7. The first-order valence-electron chi connectivity index (χ1n) is 13.6. The number of nitrogens with zero attached hydrogens (tertiary/aromatic N) is 2. The minimum atomic E-state index is -1.42. The number of aliphatic hydroxyl groups is 1. The average molecular weight is 617 g/mol. The van der Waals surface area contributed by atoms with E-state index in [0.29, 0.717) is 16.6 Å². The normalized spacial score (nSPS) is 33.5. The van der Waals surface area contributed by atoms with E-state index in [9.17, 15) is 24.3 Å². The minimum Gasteiger partial charge on any atom is -0.460 e. The number of amides is 3. The number of carbonyl (C=O) groups excluding carboxylic acids is 4. The molecule has 2 fully saturated rings. The average Bonchev–Trinajstić information content (AvgIpc) is 3.49. The van der Waals surface area contributed by atoms with E-state index in [-0.39, 0.29) is 44.5 Å². The maximum atomic E-state index is 14.7. The van der Waals surface area contributed by atoms with Crippen LogP contribution in [0.5, 0.6) is 0 Å². The fourth-order valence-corrected chi connectivity index (χ4v) is 7.20. The highest BCUT2D eigenvalue weighted by atomic mass is 79.9. The van der Waals surface area contributed by atoms with E-state index in [2.05, 4.69) is 21.2 Å². The SMILES string of the molecule is Cc1cccc(C)c1N1C/C=C\CCC(=O)NC[C@@H](C)OC(=O)[C@@H]2[C@H]3O[C@@]4(C=C3Br)[C@H](C1=O)N(CCO)C(=O)[C@@H]24. The monoisotopic (exact) mass is 615 g/mol. The first-order chi connectivity index (χ1) is 19.1. The number of cyclic esters (lactones) is 1. The standard InChI is InChI=1S/C29H34BrN3O7/c1-16-8-7-9-17(2)23(16)32-11-6-4-5-10-20(35)31-15-18(3)39-28(38)21-22-26(36)33(12-13-34)25(27(32)37)29(22)14-19(30)24(21)40-29/h4,6-9,14,18,21-22,24-25,34H,5,10-13,15H2,1-3H3,(H,31,35)/b6-4-/t18-,21+,22-,24+,25+,29-/m1/s1. The van der Waals surface area contributed by atoms with E-state index in [0.717, 1.165) is 11.1 Å². The molecule has 1 aromatic carbocycles. The number of aryl methyl sites for hydroxylation is 2. The predicted molar refractivity (Wildman–Crippen MR) is 149 cm³/mol. The Morgan fingerprint density at radius 2 is 1.85 bits per heavy atom. The maximum Gasteiger partial charge on any atom is 0.313 e. The number of likely N-dealkylation sites (tertiary alicyclic amines) is 1. The Balaban J connectivity index is 1.64. The van der Waals surface area contributed by atoms with Crippen LogP contribution >= 0.6 is 15.9 Å². The number of rotatable bonds is 3. The minimum absolute atomic E-state index is 0.0897. The van der Waals surface area contributed by atoms with E-state index in [1.54, 1.807) is 17.9 Å². The van der Waals surface area contributed by atoms with Gasteiger partial charge in [-0.3, -0.25) is 19.2 Å². The zero-order valence-electron chi connectivity index (χ0n) is 22.8. The molecule has 5 rings (SSSR count). The number of aliphatic hydroxyl groups excluding tert-OH is 1. The van der Waals surface area contributed by atoms with Gasteiger partial charge in [0.2, 0.25) is 11.8 Å². The van der Waals surface area contributed by atoms with Crippen molar-refractivity contribution in [3.63, 3.8) is 0 Å². The van der Waals surface area contributed by atoms with Gasteiger partial charge in [0.05, 0.1) is 19.1 Å². The van der Waals surface area contributed by atoms with Gasteiger partial charge in [0.15, 0.2) is 0 Å². The van der Waals surface area contributed by atoms with Gasteiger partial charge in [-0.15, -0.1) is 0 Å². The van der Waals surface area contributed by atoms with Gasteiger partial charge in [0, 0.05) is 29.7 Å². The first kappa shape index (κ1) is 28.5. The van der Waals surface area contributed by atoms with Crippen LogP contribution in [-0.4, -0.2) is 83.8 Å². The molecule has 0 aliphatic carbocycles. The number of anilines is 1. The Hall–Kier alpha value is -3.02. The summed E-state index contributed by atoms with van der Waals surface area (Å²) in [6.07, 6.45) is 4.71. The van der Waals surface area contributed by atoms with Crippen molar-refractivity contribution in [3.8, 4) is 0 Å². The van der Waals surface area contributed by atoms with Gasteiger partial charge < -0.3 is 29.7 Å². The van der Waals surface area contributed by atoms with Crippen LogP contribution in [0.3, 0.4) is 0 Å². The molecule has 10 nitrogen and oxygen atoms in total. The van der Waals surface area contributed by atoms with Crippen LogP contribution in [0.2, 0.25) is 0 Å². The van der Waals surface area contributed by atoms with Crippen LogP contribution < -0.4 is 10.2 Å². The molecule has 1 spiro atoms. The number of esters is 1. The van der Waals surface area contributed by atoms with Gasteiger partial charge in [0.1, 0.15) is 29.8 Å². The van der Waals surface area contributed by atoms with Crippen LogP contribution in [-0.2, 0) is 28.7 Å². The van der Waals surface area contributed by atoms with E-state index >= 15 is 0 Å². The number of carbonyl (C=O) groups is 4. The Kier molecular flexibility index (Phi) is 7.91. The lowest BCUT2D eigenvalue weighted by molar-refractivity contribution is -0.158. The van der Waals surface area contributed by atoms with Crippen LogP contribution in [0.1, 0.15) is 30.9 Å². The van der Waals surface area contributed by atoms with Gasteiger partial charge in [0.25, 0.3) is 5.91 Å². The number of halogens is 1.